The molecule has 1 unspecified atom stereocenters. The van der Waals surface area contributed by atoms with E-state index in [0.717, 1.165) is 21.3 Å². The second-order valence-corrected chi connectivity index (χ2v) is 9.42. The molecule has 3 aromatic carbocycles. The van der Waals surface area contributed by atoms with E-state index in [1.54, 1.807) is 31.2 Å². The summed E-state index contributed by atoms with van der Waals surface area (Å²) in [5.74, 6) is 0.971. The summed E-state index contributed by atoms with van der Waals surface area (Å²) in [7, 11) is -3.69. The Morgan fingerprint density at radius 1 is 0.939 bits per heavy atom. The lowest BCUT2D eigenvalue weighted by Crippen LogP contribution is -2.50. The minimum absolute atomic E-state index is 0.253. The first-order chi connectivity index (χ1) is 15.8. The number of hydrogen-bond donors (Lipinski definition) is 1. The molecule has 33 heavy (non-hydrogen) atoms. The Labute approximate surface area is 195 Å². The first kappa shape index (κ1) is 24.4. The fraction of sp³-hybridized carbons (Fsp3) is 0.320. The van der Waals surface area contributed by atoms with Crippen LogP contribution in [-0.4, -0.2) is 46.4 Å². The van der Waals surface area contributed by atoms with Gasteiger partial charge in [-0.3, -0.25) is 9.10 Å². The van der Waals surface area contributed by atoms with Gasteiger partial charge < -0.3 is 14.8 Å². The largest absolute Gasteiger partial charge is 0.494 e. The van der Waals surface area contributed by atoms with Crippen molar-refractivity contribution in [3.63, 3.8) is 0 Å². The van der Waals surface area contributed by atoms with Gasteiger partial charge in [0.15, 0.2) is 0 Å². The molecule has 8 heteroatoms. The summed E-state index contributed by atoms with van der Waals surface area (Å²) in [6.45, 7) is 4.68. The Morgan fingerprint density at radius 3 is 2.24 bits per heavy atom. The Morgan fingerprint density at radius 2 is 1.61 bits per heavy atom. The molecule has 3 aromatic rings. The van der Waals surface area contributed by atoms with Crippen molar-refractivity contribution < 1.29 is 22.7 Å². The maximum atomic E-state index is 12.9. The van der Waals surface area contributed by atoms with Crippen LogP contribution in [0.1, 0.15) is 20.3 Å². The van der Waals surface area contributed by atoms with E-state index < -0.39 is 16.1 Å². The van der Waals surface area contributed by atoms with Gasteiger partial charge in [0.25, 0.3) is 0 Å². The van der Waals surface area contributed by atoms with Gasteiger partial charge in [0, 0.05) is 0 Å². The summed E-state index contributed by atoms with van der Waals surface area (Å²) in [4.78, 5) is 12.9. The zero-order valence-electron chi connectivity index (χ0n) is 19.2. The van der Waals surface area contributed by atoms with Crippen LogP contribution >= 0.6 is 0 Å². The van der Waals surface area contributed by atoms with Crippen LogP contribution in [0.15, 0.2) is 66.7 Å². The molecule has 1 amide bonds. The van der Waals surface area contributed by atoms with Crippen molar-refractivity contribution in [1.82, 2.24) is 5.32 Å². The number of benzene rings is 3. The van der Waals surface area contributed by atoms with Crippen molar-refractivity contribution in [3.05, 3.63) is 66.7 Å². The molecule has 0 radical (unpaired) electrons. The van der Waals surface area contributed by atoms with Crippen molar-refractivity contribution in [1.29, 1.82) is 0 Å². The molecule has 0 aliphatic carbocycles. The summed E-state index contributed by atoms with van der Waals surface area (Å²) in [6.07, 6.45) is 1.42. The molecule has 0 fully saturated rings. The molecule has 3 rings (SSSR count). The predicted octanol–water partition coefficient (Wildman–Crippen LogP) is 3.98. The minimum atomic E-state index is -3.69. The summed E-state index contributed by atoms with van der Waals surface area (Å²) in [5.41, 5.74) is 0.412. The number of sulfonamides is 1. The highest BCUT2D eigenvalue weighted by atomic mass is 32.2. The predicted molar refractivity (Wildman–Crippen MR) is 131 cm³/mol. The fourth-order valence-electron chi connectivity index (χ4n) is 3.63. The maximum absolute atomic E-state index is 12.9. The lowest BCUT2D eigenvalue weighted by molar-refractivity contribution is -0.122. The summed E-state index contributed by atoms with van der Waals surface area (Å²) in [5, 5.41) is 5.00. The van der Waals surface area contributed by atoms with Gasteiger partial charge in [0.1, 0.15) is 24.1 Å². The molecule has 0 aromatic heterocycles. The van der Waals surface area contributed by atoms with Gasteiger partial charge in [-0.05, 0) is 60.5 Å². The maximum Gasteiger partial charge on any atom is 0.244 e. The molecule has 1 atom stereocenters. The van der Waals surface area contributed by atoms with E-state index >= 15 is 0 Å². The van der Waals surface area contributed by atoms with E-state index in [1.165, 1.54) is 0 Å². The molecular formula is C25H30N2O5S. The third-order valence-corrected chi connectivity index (χ3v) is 6.30. The normalized spacial score (nSPS) is 12.2. The Kier molecular flexibility index (Phi) is 8.16. The lowest BCUT2D eigenvalue weighted by atomic mass is 10.1. The highest BCUT2D eigenvalue weighted by Crippen LogP contribution is 2.25. The highest BCUT2D eigenvalue weighted by molar-refractivity contribution is 7.92. The number of carbonyl (C=O) groups excluding carboxylic acids is 1. The zero-order chi connectivity index (χ0) is 23.8. The standard InChI is InChI=1S/C25H30N2O5S/c1-4-24(27(33(3,29)30)21-11-14-22(15-12-21)31-5-2)25(28)26-16-17-32-23-13-10-19-8-6-7-9-20(19)18-23/h6-15,18,24H,4-5,16-17H2,1-3H3,(H,26,28). The van der Waals surface area contributed by atoms with Gasteiger partial charge in [-0.2, -0.15) is 0 Å². The van der Waals surface area contributed by atoms with Gasteiger partial charge >= 0.3 is 0 Å². The molecule has 7 nitrogen and oxygen atoms in total. The average molecular weight is 471 g/mol. The van der Waals surface area contributed by atoms with Crippen molar-refractivity contribution in [2.45, 2.75) is 26.3 Å². The molecule has 0 spiro atoms. The van der Waals surface area contributed by atoms with Crippen molar-refractivity contribution in [2.75, 3.05) is 30.3 Å². The number of amides is 1. The van der Waals surface area contributed by atoms with Crippen molar-refractivity contribution >= 4 is 32.4 Å². The molecule has 0 aliphatic heterocycles. The van der Waals surface area contributed by atoms with E-state index in [4.69, 9.17) is 9.47 Å². The molecule has 176 valence electrons. The average Bonchev–Trinajstić information content (AvgIpc) is 2.80. The van der Waals surface area contributed by atoms with Crippen LogP contribution in [-0.2, 0) is 14.8 Å². The van der Waals surface area contributed by atoms with Crippen molar-refractivity contribution in [2.24, 2.45) is 0 Å². The monoisotopic (exact) mass is 470 g/mol. The first-order valence-corrected chi connectivity index (χ1v) is 12.8. The highest BCUT2D eigenvalue weighted by Gasteiger charge is 2.31. The van der Waals surface area contributed by atoms with E-state index in [1.807, 2.05) is 49.4 Å². The van der Waals surface area contributed by atoms with Crippen LogP contribution in [0.25, 0.3) is 10.8 Å². The molecular weight excluding hydrogens is 440 g/mol. The Bertz CT molecular complexity index is 1180. The number of nitrogens with one attached hydrogen (secondary N) is 1. The zero-order valence-corrected chi connectivity index (χ0v) is 20.0. The van der Waals surface area contributed by atoms with Crippen molar-refractivity contribution in [3.8, 4) is 11.5 Å². The van der Waals surface area contributed by atoms with Gasteiger partial charge in [-0.1, -0.05) is 37.3 Å². The summed E-state index contributed by atoms with van der Waals surface area (Å²) >= 11 is 0. The Balaban J connectivity index is 1.63. The van der Waals surface area contributed by atoms with Gasteiger partial charge in [-0.15, -0.1) is 0 Å². The lowest BCUT2D eigenvalue weighted by Gasteiger charge is -2.30. The quantitative estimate of drug-likeness (QED) is 0.429. The smallest absolute Gasteiger partial charge is 0.244 e. The number of rotatable bonds is 11. The SMILES string of the molecule is CCOc1ccc(N(C(CC)C(=O)NCCOc2ccc3ccccc3c2)S(C)(=O)=O)cc1. The summed E-state index contributed by atoms with van der Waals surface area (Å²) < 4.78 is 37.5. The van der Waals surface area contributed by atoms with Crippen LogP contribution in [0.3, 0.4) is 0 Å². The molecule has 0 saturated carbocycles. The van der Waals surface area contributed by atoms with Gasteiger partial charge in [0.2, 0.25) is 15.9 Å². The molecule has 0 bridgehead atoms. The number of anilines is 1. The van der Waals surface area contributed by atoms with E-state index in [2.05, 4.69) is 5.32 Å². The van der Waals surface area contributed by atoms with E-state index in [0.29, 0.717) is 30.2 Å². The van der Waals surface area contributed by atoms with Gasteiger partial charge in [-0.25, -0.2) is 8.42 Å². The van der Waals surface area contributed by atoms with Gasteiger partial charge in [0.05, 0.1) is 25.1 Å². The topological polar surface area (TPSA) is 84.9 Å². The number of fused-ring (bicyclic) bond motifs is 1. The number of nitrogens with zero attached hydrogens (tertiary/aromatic N) is 1. The van der Waals surface area contributed by atoms with E-state index in [9.17, 15) is 13.2 Å². The second kappa shape index (κ2) is 11.0. The van der Waals surface area contributed by atoms with Crippen LogP contribution in [0.2, 0.25) is 0 Å². The molecule has 0 aliphatic rings. The number of carbonyl (C=O) groups is 1. The second-order valence-electron chi connectivity index (χ2n) is 7.56. The van der Waals surface area contributed by atoms with Crippen LogP contribution in [0.4, 0.5) is 5.69 Å². The fourth-order valence-corrected chi connectivity index (χ4v) is 4.85. The van der Waals surface area contributed by atoms with Crippen LogP contribution in [0.5, 0.6) is 11.5 Å². The van der Waals surface area contributed by atoms with Crippen LogP contribution in [0, 0.1) is 0 Å². The molecule has 1 N–H and O–H groups in total. The summed E-state index contributed by atoms with van der Waals surface area (Å²) in [6, 6.07) is 19.6. The molecule has 0 heterocycles. The third kappa shape index (κ3) is 6.38. The van der Waals surface area contributed by atoms with E-state index in [-0.39, 0.29) is 19.1 Å². The number of hydrogen-bond acceptors (Lipinski definition) is 5. The van der Waals surface area contributed by atoms with Crippen LogP contribution < -0.4 is 19.1 Å². The number of ether oxygens (including phenoxy) is 2. The Hall–Kier alpha value is -3.26. The third-order valence-electron chi connectivity index (χ3n) is 5.12. The first-order valence-electron chi connectivity index (χ1n) is 10.9. The minimum Gasteiger partial charge on any atom is -0.494 e. The molecule has 0 saturated heterocycles.